The first kappa shape index (κ1) is 15.7. The van der Waals surface area contributed by atoms with E-state index in [-0.39, 0.29) is 28.7 Å². The highest BCUT2D eigenvalue weighted by molar-refractivity contribution is 5.74. The average molecular weight is 246 g/mol. The first-order valence-electron chi connectivity index (χ1n) is 5.65. The van der Waals surface area contributed by atoms with Gasteiger partial charge in [0.05, 0.1) is 20.7 Å². The molecule has 0 aromatic rings. The Hall–Kier alpha value is -1.30. The van der Waals surface area contributed by atoms with Crippen LogP contribution in [0.2, 0.25) is 0 Å². The van der Waals surface area contributed by atoms with Crippen molar-refractivity contribution in [3.63, 3.8) is 0 Å². The number of nitrogens with zero attached hydrogens (tertiary/aromatic N) is 1. The van der Waals surface area contributed by atoms with E-state index in [0.29, 0.717) is 6.61 Å². The fourth-order valence-electron chi connectivity index (χ4n) is 1.21. The fraction of sp³-hybridized carbons (Fsp3) is 0.818. The lowest BCUT2D eigenvalue weighted by Crippen LogP contribution is -2.61. The number of nitrogens with one attached hydrogen (secondary N) is 2. The highest BCUT2D eigenvalue weighted by Crippen LogP contribution is 1.99. The number of ether oxygens (including phenoxy) is 1. The molecule has 0 aliphatic rings. The molecule has 0 aromatic heterocycles. The molecule has 0 atom stereocenters. The van der Waals surface area contributed by atoms with Gasteiger partial charge in [-0.3, -0.25) is 0 Å². The molecule has 0 spiro atoms. The zero-order valence-corrected chi connectivity index (χ0v) is 11.6. The first-order valence-corrected chi connectivity index (χ1v) is 5.65. The second-order valence-corrected chi connectivity index (χ2v) is 5.46. The zero-order chi connectivity index (χ0) is 13.7. The second-order valence-electron chi connectivity index (χ2n) is 5.46. The fourth-order valence-corrected chi connectivity index (χ4v) is 1.21. The Bertz CT molecular complexity index is 282. The van der Waals surface area contributed by atoms with E-state index in [9.17, 15) is 9.59 Å². The van der Waals surface area contributed by atoms with Gasteiger partial charge in [0, 0.05) is 5.54 Å². The summed E-state index contributed by atoms with van der Waals surface area (Å²) in [5.41, 5.74) is 2.38. The number of carbonyl (C=O) groups is 2. The van der Waals surface area contributed by atoms with Crippen molar-refractivity contribution in [3.8, 4) is 0 Å². The van der Waals surface area contributed by atoms with Crippen molar-refractivity contribution in [1.29, 1.82) is 0 Å². The number of urea groups is 1. The minimum Gasteiger partial charge on any atom is -0.462 e. The van der Waals surface area contributed by atoms with Gasteiger partial charge in [0.25, 0.3) is 0 Å². The van der Waals surface area contributed by atoms with Crippen LogP contribution >= 0.6 is 0 Å². The van der Waals surface area contributed by atoms with E-state index in [1.165, 1.54) is 0 Å². The lowest BCUT2D eigenvalue weighted by molar-refractivity contribution is -0.917. The van der Waals surface area contributed by atoms with Crippen molar-refractivity contribution in [2.75, 3.05) is 27.2 Å². The molecule has 2 amide bonds. The number of esters is 1. The minimum atomic E-state index is -0.339. The second kappa shape index (κ2) is 5.86. The summed E-state index contributed by atoms with van der Waals surface area (Å²) in [5.74, 6) is -0.339. The van der Waals surface area contributed by atoms with Crippen molar-refractivity contribution >= 4 is 12.0 Å². The molecule has 0 aliphatic heterocycles. The van der Waals surface area contributed by atoms with Gasteiger partial charge in [-0.1, -0.05) is 0 Å². The molecule has 0 aliphatic carbocycles. The third-order valence-corrected chi connectivity index (χ3v) is 1.72. The van der Waals surface area contributed by atoms with E-state index in [0.717, 1.165) is 0 Å². The molecule has 0 rings (SSSR count). The Balaban J connectivity index is 4.25. The van der Waals surface area contributed by atoms with Crippen LogP contribution in [0.15, 0.2) is 0 Å². The predicted molar refractivity (Wildman–Crippen MR) is 65.0 cm³/mol. The van der Waals surface area contributed by atoms with Gasteiger partial charge >= 0.3 is 12.0 Å². The zero-order valence-electron chi connectivity index (χ0n) is 11.6. The van der Waals surface area contributed by atoms with Gasteiger partial charge in [0.15, 0.2) is 6.54 Å². The van der Waals surface area contributed by atoms with Gasteiger partial charge in [-0.15, -0.1) is 0 Å². The van der Waals surface area contributed by atoms with Crippen molar-refractivity contribution < 1.29 is 18.9 Å². The van der Waals surface area contributed by atoms with E-state index in [1.807, 2.05) is 20.8 Å². The lowest BCUT2D eigenvalue weighted by atomic mass is 10.1. The number of rotatable bonds is 4. The summed E-state index contributed by atoms with van der Waals surface area (Å²) in [4.78, 5) is 22.9. The average Bonchev–Trinajstić information content (AvgIpc) is 1.96. The Kier molecular flexibility index (Phi) is 5.41. The maximum absolute atomic E-state index is 11.6. The Morgan fingerprint density at radius 2 is 1.76 bits per heavy atom. The summed E-state index contributed by atoms with van der Waals surface area (Å²) >= 11 is 0. The Labute approximate surface area is 103 Å². The summed E-state index contributed by atoms with van der Waals surface area (Å²) in [7, 11) is 3.44. The number of amides is 2. The van der Waals surface area contributed by atoms with Gasteiger partial charge < -0.3 is 10.1 Å². The van der Waals surface area contributed by atoms with Gasteiger partial charge in [-0.25, -0.2) is 14.2 Å². The molecule has 0 heterocycles. The van der Waals surface area contributed by atoms with Crippen LogP contribution in [0.3, 0.4) is 0 Å². The first-order chi connectivity index (χ1) is 7.56. The Morgan fingerprint density at radius 1 is 1.24 bits per heavy atom. The van der Waals surface area contributed by atoms with Crippen LogP contribution in [0.4, 0.5) is 4.79 Å². The van der Waals surface area contributed by atoms with E-state index in [4.69, 9.17) is 4.74 Å². The number of quaternary nitrogens is 1. The SMILES string of the molecule is CCOC(=O)C[N+](C)(C)NC(=O)NC(C)(C)C. The van der Waals surface area contributed by atoms with Crippen LogP contribution in [0.1, 0.15) is 27.7 Å². The molecule has 0 saturated heterocycles. The topological polar surface area (TPSA) is 67.4 Å². The monoisotopic (exact) mass is 246 g/mol. The lowest BCUT2D eigenvalue weighted by Gasteiger charge is -2.30. The van der Waals surface area contributed by atoms with Crippen molar-refractivity contribution in [3.05, 3.63) is 0 Å². The van der Waals surface area contributed by atoms with Crippen LogP contribution in [0.25, 0.3) is 0 Å². The van der Waals surface area contributed by atoms with Gasteiger partial charge in [0.1, 0.15) is 0 Å². The standard InChI is InChI=1S/C11H23N3O3/c1-7-17-9(15)8-14(5,6)13-10(16)12-11(2,3)4/h7-8H2,1-6H3,(H-,12,13,16)/p+1. The van der Waals surface area contributed by atoms with Gasteiger partial charge in [-0.05, 0) is 27.7 Å². The quantitative estimate of drug-likeness (QED) is 0.434. The number of likely N-dealkylation sites (N-methyl/N-ethyl adjacent to an activating group) is 1. The highest BCUT2D eigenvalue weighted by atomic mass is 16.5. The van der Waals surface area contributed by atoms with Crippen molar-refractivity contribution in [2.45, 2.75) is 33.2 Å². The van der Waals surface area contributed by atoms with Crippen LogP contribution in [0.5, 0.6) is 0 Å². The Morgan fingerprint density at radius 3 is 2.18 bits per heavy atom. The van der Waals surface area contributed by atoms with Crippen molar-refractivity contribution in [1.82, 2.24) is 10.7 Å². The number of hydrogen-bond acceptors (Lipinski definition) is 3. The van der Waals surface area contributed by atoms with Crippen LogP contribution in [-0.4, -0.2) is 49.4 Å². The van der Waals surface area contributed by atoms with E-state index >= 15 is 0 Å². The minimum absolute atomic E-state index is 0.0424. The molecule has 0 bridgehead atoms. The number of carbonyl (C=O) groups excluding carboxylic acids is 2. The van der Waals surface area contributed by atoms with Crippen LogP contribution in [-0.2, 0) is 9.53 Å². The van der Waals surface area contributed by atoms with Gasteiger partial charge in [0.2, 0.25) is 0 Å². The highest BCUT2D eigenvalue weighted by Gasteiger charge is 2.25. The molecule has 100 valence electrons. The molecular weight excluding hydrogens is 222 g/mol. The smallest absolute Gasteiger partial charge is 0.364 e. The van der Waals surface area contributed by atoms with E-state index in [2.05, 4.69) is 10.7 Å². The van der Waals surface area contributed by atoms with E-state index < -0.39 is 0 Å². The largest absolute Gasteiger partial charge is 0.462 e. The summed E-state index contributed by atoms with van der Waals surface area (Å²) in [6, 6.07) is -0.313. The molecule has 2 N–H and O–H groups in total. The number of hydrogen-bond donors (Lipinski definition) is 2. The maximum atomic E-state index is 11.6. The third kappa shape index (κ3) is 8.50. The molecule has 0 radical (unpaired) electrons. The molecule has 17 heavy (non-hydrogen) atoms. The summed E-state index contributed by atoms with van der Waals surface area (Å²) in [6.07, 6.45) is 0. The summed E-state index contributed by atoms with van der Waals surface area (Å²) < 4.78 is 4.88. The van der Waals surface area contributed by atoms with Crippen molar-refractivity contribution in [2.24, 2.45) is 0 Å². The van der Waals surface area contributed by atoms with Crippen LogP contribution < -0.4 is 10.7 Å². The molecule has 0 unspecified atom stereocenters. The van der Waals surface area contributed by atoms with Crippen LogP contribution in [0, 0.1) is 0 Å². The molecule has 0 aromatic carbocycles. The summed E-state index contributed by atoms with van der Waals surface area (Å²) in [5, 5.41) is 2.76. The molecule has 0 saturated carbocycles. The van der Waals surface area contributed by atoms with Gasteiger partial charge in [-0.2, -0.15) is 5.43 Å². The molecule has 6 nitrogen and oxygen atoms in total. The molecular formula is C11H24N3O3+. The maximum Gasteiger partial charge on any atom is 0.364 e. The van der Waals surface area contributed by atoms with E-state index in [1.54, 1.807) is 21.0 Å². The predicted octanol–water partition coefficient (Wildman–Crippen LogP) is 0.639. The normalized spacial score (nSPS) is 11.9. The molecule has 6 heteroatoms. The molecule has 0 fully saturated rings. The summed E-state index contributed by atoms with van der Waals surface area (Å²) in [6.45, 7) is 7.84. The third-order valence-electron chi connectivity index (χ3n) is 1.72.